The molecule has 2 aliphatic carbocycles. The molecule has 3 fully saturated rings. The molecule has 1 aromatic rings. The van der Waals surface area contributed by atoms with E-state index in [1.807, 2.05) is 0 Å². The lowest BCUT2D eigenvalue weighted by atomic mass is 9.81. The second-order valence-corrected chi connectivity index (χ2v) is 8.86. The van der Waals surface area contributed by atoms with E-state index in [-0.39, 0.29) is 51.0 Å². The van der Waals surface area contributed by atoms with E-state index in [2.05, 4.69) is 37.2 Å². The summed E-state index contributed by atoms with van der Waals surface area (Å²) in [5.74, 6) is -0.337. The molecule has 3 amide bonds. The summed E-state index contributed by atoms with van der Waals surface area (Å²) in [4.78, 5) is 38.7. The van der Waals surface area contributed by atoms with Crippen LogP contribution in [0.2, 0.25) is 0 Å². The van der Waals surface area contributed by atoms with Gasteiger partial charge in [-0.2, -0.15) is 0 Å². The number of nitrogens with zero attached hydrogens (tertiary/aromatic N) is 1. The van der Waals surface area contributed by atoms with E-state index < -0.39 is 0 Å². The van der Waals surface area contributed by atoms with Gasteiger partial charge in [0.25, 0.3) is 0 Å². The number of halogens is 2. The average Bonchev–Trinajstić information content (AvgIpc) is 3.13. The number of rotatable bonds is 2. The van der Waals surface area contributed by atoms with Gasteiger partial charge in [0, 0.05) is 22.3 Å². The van der Waals surface area contributed by atoms with Gasteiger partial charge in [0.2, 0.25) is 17.7 Å². The molecule has 0 unspecified atom stereocenters. The summed E-state index contributed by atoms with van der Waals surface area (Å²) in [6, 6.07) is 6.84. The van der Waals surface area contributed by atoms with Gasteiger partial charge in [-0.15, -0.1) is 0 Å². The first-order chi connectivity index (χ1) is 11.4. The minimum atomic E-state index is -0.212. The standard InChI is InChI=1S/C17H16Br2N2O3/c1-7(22)20-8-2-4-9(5-3-8)21-16(23)12-10-6-11(13(12)17(21)24)15(19)14(10)18/h2-5,10-15H,6H2,1H3,(H,20,22)/t10-,11+,12-,13-,14-,15+/m0/s1. The zero-order valence-electron chi connectivity index (χ0n) is 12.9. The van der Waals surface area contributed by atoms with E-state index in [1.165, 1.54) is 11.8 Å². The predicted octanol–water partition coefficient (Wildman–Crippen LogP) is 2.93. The number of hydrogen-bond acceptors (Lipinski definition) is 3. The zero-order valence-corrected chi connectivity index (χ0v) is 16.1. The van der Waals surface area contributed by atoms with E-state index in [0.717, 1.165) is 6.42 Å². The summed E-state index contributed by atoms with van der Waals surface area (Å²) in [6.45, 7) is 1.44. The number of anilines is 2. The fraction of sp³-hybridized carbons (Fsp3) is 0.471. The van der Waals surface area contributed by atoms with Gasteiger partial charge in [-0.05, 0) is 42.5 Å². The number of benzene rings is 1. The first kappa shape index (κ1) is 16.3. The highest BCUT2D eigenvalue weighted by molar-refractivity contribution is 9.12. The zero-order chi connectivity index (χ0) is 17.2. The normalized spacial score (nSPS) is 37.0. The minimum Gasteiger partial charge on any atom is -0.326 e. The maximum absolute atomic E-state index is 12.9. The number of carbonyl (C=O) groups excluding carboxylic acids is 3. The Morgan fingerprint density at radius 3 is 2.00 bits per heavy atom. The highest BCUT2D eigenvalue weighted by Crippen LogP contribution is 2.60. The number of alkyl halides is 2. The van der Waals surface area contributed by atoms with Crippen LogP contribution in [0.5, 0.6) is 0 Å². The Morgan fingerprint density at radius 2 is 1.54 bits per heavy atom. The van der Waals surface area contributed by atoms with E-state index in [0.29, 0.717) is 11.4 Å². The van der Waals surface area contributed by atoms with E-state index in [9.17, 15) is 14.4 Å². The summed E-state index contributed by atoms with van der Waals surface area (Å²) in [5.41, 5.74) is 1.22. The molecule has 2 saturated carbocycles. The Kier molecular flexibility index (Phi) is 3.84. The van der Waals surface area contributed by atoms with E-state index >= 15 is 0 Å². The van der Waals surface area contributed by atoms with Gasteiger partial charge in [0.1, 0.15) is 0 Å². The molecule has 126 valence electrons. The van der Waals surface area contributed by atoms with Gasteiger partial charge in [0.05, 0.1) is 17.5 Å². The molecular weight excluding hydrogens is 440 g/mol. The first-order valence-electron chi connectivity index (χ1n) is 7.93. The molecule has 1 aromatic carbocycles. The summed E-state index contributed by atoms with van der Waals surface area (Å²) in [7, 11) is 0. The predicted molar refractivity (Wildman–Crippen MR) is 97.2 cm³/mol. The Hall–Kier alpha value is -1.21. The third kappa shape index (κ3) is 2.20. The number of carbonyl (C=O) groups is 3. The topological polar surface area (TPSA) is 66.5 Å². The second-order valence-electron chi connectivity index (χ2n) is 6.74. The number of fused-ring (bicyclic) bond motifs is 5. The van der Waals surface area contributed by atoms with Crippen LogP contribution in [0.3, 0.4) is 0 Å². The summed E-state index contributed by atoms with van der Waals surface area (Å²) >= 11 is 7.37. The quantitative estimate of drug-likeness (QED) is 0.550. The Morgan fingerprint density at radius 1 is 1.04 bits per heavy atom. The van der Waals surface area contributed by atoms with Crippen LogP contribution in [0.1, 0.15) is 13.3 Å². The lowest BCUT2D eigenvalue weighted by molar-refractivity contribution is -0.123. The summed E-state index contributed by atoms with van der Waals surface area (Å²) in [6.07, 6.45) is 0.925. The van der Waals surface area contributed by atoms with Crippen LogP contribution in [-0.4, -0.2) is 27.4 Å². The minimum absolute atomic E-state index is 0.0892. The number of hydrogen-bond donors (Lipinski definition) is 1. The number of imide groups is 1. The Labute approximate surface area is 156 Å². The molecule has 6 atom stereocenters. The molecule has 1 aliphatic heterocycles. The molecule has 0 aromatic heterocycles. The van der Waals surface area contributed by atoms with Crippen LogP contribution in [-0.2, 0) is 14.4 Å². The molecule has 7 heteroatoms. The van der Waals surface area contributed by atoms with Crippen molar-refractivity contribution >= 4 is 61.0 Å². The Bertz CT molecular complexity index is 704. The van der Waals surface area contributed by atoms with Crippen molar-refractivity contribution in [2.75, 3.05) is 10.2 Å². The van der Waals surface area contributed by atoms with Crippen LogP contribution in [0, 0.1) is 23.7 Å². The third-order valence-corrected chi connectivity index (χ3v) is 8.64. The molecule has 4 rings (SSSR count). The molecular formula is C17H16Br2N2O3. The molecule has 5 nitrogen and oxygen atoms in total. The lowest BCUT2D eigenvalue weighted by Gasteiger charge is -2.28. The first-order valence-corrected chi connectivity index (χ1v) is 9.77. The van der Waals surface area contributed by atoms with Crippen LogP contribution >= 0.6 is 31.9 Å². The van der Waals surface area contributed by atoms with Crippen molar-refractivity contribution in [1.29, 1.82) is 0 Å². The van der Waals surface area contributed by atoms with Crippen LogP contribution in [0.25, 0.3) is 0 Å². The van der Waals surface area contributed by atoms with Crippen molar-refractivity contribution in [1.82, 2.24) is 0 Å². The van der Waals surface area contributed by atoms with Gasteiger partial charge in [-0.1, -0.05) is 31.9 Å². The molecule has 2 bridgehead atoms. The molecule has 1 heterocycles. The SMILES string of the molecule is CC(=O)Nc1ccc(N2C(=O)[C@H]3[C@@H]4C[C@@H]([C@@H](Br)[C@H]4Br)[C@@H]3C2=O)cc1. The van der Waals surface area contributed by atoms with Crippen molar-refractivity contribution in [2.24, 2.45) is 23.7 Å². The monoisotopic (exact) mass is 454 g/mol. The van der Waals surface area contributed by atoms with Gasteiger partial charge in [0.15, 0.2) is 0 Å². The maximum Gasteiger partial charge on any atom is 0.238 e. The van der Waals surface area contributed by atoms with Gasteiger partial charge in [-0.3, -0.25) is 19.3 Å². The molecule has 0 spiro atoms. The molecule has 0 radical (unpaired) electrons. The van der Waals surface area contributed by atoms with Crippen LogP contribution < -0.4 is 10.2 Å². The lowest BCUT2D eigenvalue weighted by Crippen LogP contribution is -2.37. The van der Waals surface area contributed by atoms with Crippen molar-refractivity contribution < 1.29 is 14.4 Å². The molecule has 3 aliphatic rings. The maximum atomic E-state index is 12.9. The molecule has 1 N–H and O–H groups in total. The van der Waals surface area contributed by atoms with Crippen molar-refractivity contribution in [2.45, 2.75) is 23.0 Å². The summed E-state index contributed by atoms with van der Waals surface area (Å²) in [5, 5.41) is 2.68. The van der Waals surface area contributed by atoms with E-state index in [1.54, 1.807) is 24.3 Å². The fourth-order valence-corrected chi connectivity index (χ4v) is 6.37. The highest BCUT2D eigenvalue weighted by Gasteiger charge is 2.66. The number of amides is 3. The number of nitrogens with one attached hydrogen (secondary N) is 1. The smallest absolute Gasteiger partial charge is 0.238 e. The average molecular weight is 456 g/mol. The van der Waals surface area contributed by atoms with Crippen LogP contribution in [0.15, 0.2) is 24.3 Å². The van der Waals surface area contributed by atoms with Crippen LogP contribution in [0.4, 0.5) is 11.4 Å². The van der Waals surface area contributed by atoms with Crippen molar-refractivity contribution in [3.05, 3.63) is 24.3 Å². The van der Waals surface area contributed by atoms with Gasteiger partial charge >= 0.3 is 0 Å². The van der Waals surface area contributed by atoms with Crippen molar-refractivity contribution in [3.8, 4) is 0 Å². The largest absolute Gasteiger partial charge is 0.326 e. The fourth-order valence-electron chi connectivity index (χ4n) is 4.50. The third-order valence-electron chi connectivity index (χ3n) is 5.43. The second kappa shape index (κ2) is 5.66. The highest BCUT2D eigenvalue weighted by atomic mass is 79.9. The molecule has 1 saturated heterocycles. The molecule has 24 heavy (non-hydrogen) atoms. The van der Waals surface area contributed by atoms with Crippen molar-refractivity contribution in [3.63, 3.8) is 0 Å². The van der Waals surface area contributed by atoms with Gasteiger partial charge < -0.3 is 5.32 Å². The van der Waals surface area contributed by atoms with Gasteiger partial charge in [-0.25, -0.2) is 0 Å². The summed E-state index contributed by atoms with van der Waals surface area (Å²) < 4.78 is 0. The van der Waals surface area contributed by atoms with E-state index in [4.69, 9.17) is 0 Å². The Balaban J connectivity index is 1.63.